The summed E-state index contributed by atoms with van der Waals surface area (Å²) in [6, 6.07) is 13.6. The number of halogens is 2. The first-order valence-electron chi connectivity index (χ1n) is 9.19. The summed E-state index contributed by atoms with van der Waals surface area (Å²) >= 11 is 7.43. The van der Waals surface area contributed by atoms with Gasteiger partial charge in [-0.25, -0.2) is 4.39 Å². The minimum absolute atomic E-state index is 0.0541. The molecule has 0 bridgehead atoms. The van der Waals surface area contributed by atoms with Gasteiger partial charge in [0.1, 0.15) is 5.82 Å². The molecule has 30 heavy (non-hydrogen) atoms. The van der Waals surface area contributed by atoms with E-state index < -0.39 is 5.82 Å². The van der Waals surface area contributed by atoms with Gasteiger partial charge < -0.3 is 14.8 Å². The molecule has 1 heterocycles. The van der Waals surface area contributed by atoms with Gasteiger partial charge in [-0.1, -0.05) is 17.7 Å². The highest BCUT2D eigenvalue weighted by Crippen LogP contribution is 2.23. The molecule has 0 aliphatic heterocycles. The Balaban J connectivity index is 1.70. The highest BCUT2D eigenvalue weighted by atomic mass is 35.5. The van der Waals surface area contributed by atoms with Crippen molar-refractivity contribution in [1.29, 1.82) is 0 Å². The first-order chi connectivity index (χ1) is 14.4. The van der Waals surface area contributed by atoms with E-state index in [0.29, 0.717) is 36.3 Å². The van der Waals surface area contributed by atoms with Crippen LogP contribution in [0.4, 0.5) is 15.8 Å². The number of anilines is 2. The second-order valence-electron chi connectivity index (χ2n) is 6.63. The van der Waals surface area contributed by atoms with Crippen molar-refractivity contribution in [3.63, 3.8) is 0 Å². The number of amides is 1. The molecular weight excluding hydrogens is 425 g/mol. The summed E-state index contributed by atoms with van der Waals surface area (Å²) in [5.74, 6) is -0.811. The molecule has 0 fully saturated rings. The highest BCUT2D eigenvalue weighted by molar-refractivity contribution is 7.98. The van der Waals surface area contributed by atoms with Crippen LogP contribution in [0.1, 0.15) is 20.8 Å². The number of thioether (sulfide) groups is 1. The van der Waals surface area contributed by atoms with E-state index in [4.69, 9.17) is 11.6 Å². The van der Waals surface area contributed by atoms with Gasteiger partial charge in [-0.3, -0.25) is 9.59 Å². The van der Waals surface area contributed by atoms with Crippen LogP contribution in [0.15, 0.2) is 59.6 Å². The second-order valence-corrected chi connectivity index (χ2v) is 7.92. The summed E-state index contributed by atoms with van der Waals surface area (Å²) in [4.78, 5) is 27.3. The number of hydrogen-bond donors (Lipinski definition) is 1. The number of hydrogen-bond acceptors (Lipinski definition) is 4. The quantitative estimate of drug-likeness (QED) is 0.382. The van der Waals surface area contributed by atoms with Crippen molar-refractivity contribution in [3.05, 3.63) is 76.8 Å². The van der Waals surface area contributed by atoms with Crippen LogP contribution >= 0.6 is 23.4 Å². The van der Waals surface area contributed by atoms with Gasteiger partial charge >= 0.3 is 0 Å². The fourth-order valence-electron chi connectivity index (χ4n) is 3.01. The normalized spacial score (nSPS) is 10.7. The first kappa shape index (κ1) is 21.9. The molecule has 5 nitrogen and oxygen atoms in total. The minimum atomic E-state index is -0.471. The van der Waals surface area contributed by atoms with Crippen molar-refractivity contribution in [3.8, 4) is 0 Å². The lowest BCUT2D eigenvalue weighted by atomic mass is 10.2. The number of benzene rings is 2. The molecule has 0 radical (unpaired) electrons. The Morgan fingerprint density at radius 3 is 2.77 bits per heavy atom. The number of rotatable bonds is 8. The maximum Gasteiger partial charge on any atom is 0.257 e. The van der Waals surface area contributed by atoms with E-state index in [1.807, 2.05) is 36.4 Å². The zero-order valence-corrected chi connectivity index (χ0v) is 18.1. The molecule has 8 heteroatoms. The van der Waals surface area contributed by atoms with Crippen molar-refractivity contribution in [2.75, 3.05) is 30.1 Å². The Bertz CT molecular complexity index is 1070. The predicted octanol–water partition coefficient (Wildman–Crippen LogP) is 5.20. The molecule has 2 aromatic carbocycles. The molecule has 0 saturated heterocycles. The molecule has 0 atom stereocenters. The van der Waals surface area contributed by atoms with Gasteiger partial charge in [0.15, 0.2) is 6.29 Å². The van der Waals surface area contributed by atoms with E-state index >= 15 is 0 Å². The summed E-state index contributed by atoms with van der Waals surface area (Å²) in [5, 5.41) is 2.89. The second kappa shape index (κ2) is 9.82. The number of carbonyl (C=O) groups is 2. The number of likely N-dealkylation sites (N-methyl/N-ethyl adjacent to an activating group) is 1. The molecule has 156 valence electrons. The molecule has 0 spiro atoms. The Morgan fingerprint density at radius 1 is 1.27 bits per heavy atom. The van der Waals surface area contributed by atoms with Crippen LogP contribution in [-0.4, -0.2) is 36.6 Å². The lowest BCUT2D eigenvalue weighted by molar-refractivity contribution is 0.101. The standard InChI is InChI=1S/C22H21ClFN3O2S/c1-26(16-6-7-20(24)19(23)13-16)10-11-27-9-8-18(21(27)14-28)22(29)25-15-4-3-5-17(12-15)30-2/h3-9,12-14H,10-11H2,1-2H3,(H,25,29). The number of nitrogens with one attached hydrogen (secondary N) is 1. The monoisotopic (exact) mass is 445 g/mol. The smallest absolute Gasteiger partial charge is 0.257 e. The largest absolute Gasteiger partial charge is 0.373 e. The summed E-state index contributed by atoms with van der Waals surface area (Å²) in [5.41, 5.74) is 2.04. The minimum Gasteiger partial charge on any atom is -0.373 e. The van der Waals surface area contributed by atoms with Crippen molar-refractivity contribution in [2.24, 2.45) is 0 Å². The Labute approximate surface area is 183 Å². The third-order valence-corrected chi connectivity index (χ3v) is 5.73. The van der Waals surface area contributed by atoms with Crippen molar-refractivity contribution < 1.29 is 14.0 Å². The van der Waals surface area contributed by atoms with Crippen LogP contribution in [0.2, 0.25) is 5.02 Å². The van der Waals surface area contributed by atoms with Gasteiger partial charge in [0.25, 0.3) is 5.91 Å². The van der Waals surface area contributed by atoms with E-state index in [9.17, 15) is 14.0 Å². The Kier molecular flexibility index (Phi) is 7.18. The number of nitrogens with zero attached hydrogens (tertiary/aromatic N) is 2. The number of carbonyl (C=O) groups excluding carboxylic acids is 2. The van der Waals surface area contributed by atoms with Gasteiger partial charge in [-0.15, -0.1) is 11.8 Å². The molecule has 1 aromatic heterocycles. The van der Waals surface area contributed by atoms with Crippen LogP contribution in [0.5, 0.6) is 0 Å². The molecule has 3 rings (SSSR count). The fraction of sp³-hybridized carbons (Fsp3) is 0.182. The third-order valence-electron chi connectivity index (χ3n) is 4.71. The molecule has 1 amide bonds. The number of aromatic nitrogens is 1. The van der Waals surface area contributed by atoms with Gasteiger partial charge in [0.05, 0.1) is 16.3 Å². The third kappa shape index (κ3) is 5.04. The summed E-state index contributed by atoms with van der Waals surface area (Å²) in [7, 11) is 1.85. The molecule has 0 aliphatic carbocycles. The molecule has 0 saturated carbocycles. The number of aldehydes is 1. The average molecular weight is 446 g/mol. The maximum atomic E-state index is 13.4. The van der Waals surface area contributed by atoms with Gasteiger partial charge in [-0.05, 0) is 48.7 Å². The predicted molar refractivity (Wildman–Crippen MR) is 121 cm³/mol. The van der Waals surface area contributed by atoms with Crippen molar-refractivity contribution in [1.82, 2.24) is 4.57 Å². The van der Waals surface area contributed by atoms with Crippen molar-refractivity contribution >= 4 is 46.9 Å². The zero-order chi connectivity index (χ0) is 21.7. The topological polar surface area (TPSA) is 54.3 Å². The van der Waals surface area contributed by atoms with E-state index in [0.717, 1.165) is 10.6 Å². The SMILES string of the molecule is CSc1cccc(NC(=O)c2ccn(CCN(C)c3ccc(F)c(Cl)c3)c2C=O)c1. The Hall–Kier alpha value is -2.77. The van der Waals surface area contributed by atoms with Gasteiger partial charge in [-0.2, -0.15) is 0 Å². The summed E-state index contributed by atoms with van der Waals surface area (Å²) < 4.78 is 15.1. The van der Waals surface area contributed by atoms with Crippen LogP contribution in [-0.2, 0) is 6.54 Å². The van der Waals surface area contributed by atoms with E-state index in [-0.39, 0.29) is 10.9 Å². The lowest BCUT2D eigenvalue weighted by Crippen LogP contribution is -2.23. The summed E-state index contributed by atoms with van der Waals surface area (Å²) in [6.07, 6.45) is 4.35. The summed E-state index contributed by atoms with van der Waals surface area (Å²) in [6.45, 7) is 1.00. The molecule has 3 aromatic rings. The van der Waals surface area contributed by atoms with Crippen LogP contribution in [0.3, 0.4) is 0 Å². The Morgan fingerprint density at radius 2 is 2.07 bits per heavy atom. The highest BCUT2D eigenvalue weighted by Gasteiger charge is 2.16. The van der Waals surface area contributed by atoms with Crippen LogP contribution in [0, 0.1) is 5.82 Å². The lowest BCUT2D eigenvalue weighted by Gasteiger charge is -2.20. The molecule has 0 unspecified atom stereocenters. The zero-order valence-electron chi connectivity index (χ0n) is 16.6. The van der Waals surface area contributed by atoms with E-state index in [2.05, 4.69) is 5.32 Å². The van der Waals surface area contributed by atoms with Crippen LogP contribution in [0.25, 0.3) is 0 Å². The molecule has 1 N–H and O–H groups in total. The molecular formula is C22H21ClFN3O2S. The average Bonchev–Trinajstić information content (AvgIpc) is 3.17. The maximum absolute atomic E-state index is 13.4. The van der Waals surface area contributed by atoms with Gasteiger partial charge in [0.2, 0.25) is 0 Å². The molecule has 0 aliphatic rings. The van der Waals surface area contributed by atoms with Crippen LogP contribution < -0.4 is 10.2 Å². The first-order valence-corrected chi connectivity index (χ1v) is 10.8. The van der Waals surface area contributed by atoms with Crippen molar-refractivity contribution in [2.45, 2.75) is 11.4 Å². The van der Waals surface area contributed by atoms with E-state index in [1.165, 1.54) is 6.07 Å². The fourth-order valence-corrected chi connectivity index (χ4v) is 3.65. The van der Waals surface area contributed by atoms with Gasteiger partial charge in [0, 0.05) is 42.6 Å². The van der Waals surface area contributed by atoms with E-state index in [1.54, 1.807) is 46.8 Å².